The molecule has 0 spiro atoms. The summed E-state index contributed by atoms with van der Waals surface area (Å²) < 4.78 is 5.96. The lowest BCUT2D eigenvalue weighted by Gasteiger charge is -2.36. The Kier molecular flexibility index (Phi) is 6.55. The Morgan fingerprint density at radius 1 is 1.05 bits per heavy atom. The van der Waals surface area contributed by atoms with Crippen molar-refractivity contribution in [2.24, 2.45) is 5.92 Å². The van der Waals surface area contributed by atoms with E-state index in [0.29, 0.717) is 24.7 Å². The number of carbonyl (C=O) groups excluding carboxylic acids is 1. The molecule has 4 heterocycles. The number of pyridine rings is 2. The second kappa shape index (κ2) is 10.3. The highest BCUT2D eigenvalue weighted by atomic mass is 16.5. The molecule has 0 radical (unpaired) electrons. The lowest BCUT2D eigenvalue weighted by atomic mass is 10.0. The molecule has 1 aliphatic carbocycles. The van der Waals surface area contributed by atoms with Gasteiger partial charge in [0.2, 0.25) is 11.8 Å². The lowest BCUT2D eigenvalue weighted by molar-refractivity contribution is -0.140. The molecule has 2 atom stereocenters. The molecular formula is C28H30N6O3. The maximum Gasteiger partial charge on any atom is 0.228 e. The van der Waals surface area contributed by atoms with E-state index in [0.717, 1.165) is 66.8 Å². The molecule has 9 nitrogen and oxygen atoms in total. The highest BCUT2D eigenvalue weighted by molar-refractivity contribution is 5.80. The van der Waals surface area contributed by atoms with Crippen molar-refractivity contribution in [2.45, 2.75) is 31.9 Å². The van der Waals surface area contributed by atoms with Crippen molar-refractivity contribution < 1.29 is 14.6 Å². The van der Waals surface area contributed by atoms with Crippen LogP contribution in [0.5, 0.6) is 11.6 Å². The Balaban J connectivity index is 1.05. The minimum absolute atomic E-state index is 0.121. The summed E-state index contributed by atoms with van der Waals surface area (Å²) in [5.41, 5.74) is 3.77. The van der Waals surface area contributed by atoms with Gasteiger partial charge in [-0.1, -0.05) is 6.07 Å². The summed E-state index contributed by atoms with van der Waals surface area (Å²) in [6, 6.07) is 15.6. The summed E-state index contributed by atoms with van der Waals surface area (Å²) in [6.45, 7) is 3.77. The number of nitrogens with one attached hydrogen (secondary N) is 1. The standard InChI is InChI=1S/C28H30N6O3/c35-26-3-1-2-23(26)28(36)34-14-12-33(13-15-34)18-21-6-4-19-16-22(7-8-24(19)31-21)37-27-9-5-20(17-29-27)25-10-11-30-32-25/h4-11,16-17,23,26,35H,1-3,12-15,18H2,(H,30,32). The molecule has 37 heavy (non-hydrogen) atoms. The molecule has 1 saturated carbocycles. The van der Waals surface area contributed by atoms with E-state index in [1.54, 1.807) is 12.4 Å². The zero-order valence-electron chi connectivity index (χ0n) is 20.6. The Hall–Kier alpha value is -3.82. The second-order valence-corrected chi connectivity index (χ2v) is 9.82. The summed E-state index contributed by atoms with van der Waals surface area (Å²) in [5, 5.41) is 18.0. The van der Waals surface area contributed by atoms with Crippen LogP contribution in [-0.2, 0) is 11.3 Å². The molecule has 6 rings (SSSR count). The van der Waals surface area contributed by atoms with Crippen molar-refractivity contribution in [2.75, 3.05) is 26.2 Å². The van der Waals surface area contributed by atoms with E-state index >= 15 is 0 Å². The molecule has 4 aromatic rings. The van der Waals surface area contributed by atoms with Crippen molar-refractivity contribution in [3.05, 3.63) is 66.6 Å². The Morgan fingerprint density at radius 3 is 2.68 bits per heavy atom. The Morgan fingerprint density at radius 2 is 1.95 bits per heavy atom. The lowest BCUT2D eigenvalue weighted by Crippen LogP contribution is -2.50. The van der Waals surface area contributed by atoms with E-state index in [1.807, 2.05) is 41.3 Å². The van der Waals surface area contributed by atoms with E-state index in [2.05, 4.69) is 32.2 Å². The second-order valence-electron chi connectivity index (χ2n) is 9.82. The molecule has 1 aromatic carbocycles. The monoisotopic (exact) mass is 498 g/mol. The number of carbonyl (C=O) groups is 1. The summed E-state index contributed by atoms with van der Waals surface area (Å²) in [4.78, 5) is 26.3. The van der Waals surface area contributed by atoms with Gasteiger partial charge in [-0.05, 0) is 55.7 Å². The summed E-state index contributed by atoms with van der Waals surface area (Å²) in [5.74, 6) is 1.14. The van der Waals surface area contributed by atoms with E-state index in [1.165, 1.54) is 0 Å². The third-order valence-corrected chi connectivity index (χ3v) is 7.36. The van der Waals surface area contributed by atoms with E-state index in [-0.39, 0.29) is 11.8 Å². The van der Waals surface area contributed by atoms with E-state index in [9.17, 15) is 9.90 Å². The predicted molar refractivity (Wildman–Crippen MR) is 139 cm³/mol. The van der Waals surface area contributed by atoms with Crippen LogP contribution in [0.1, 0.15) is 25.0 Å². The fourth-order valence-corrected chi connectivity index (χ4v) is 5.25. The largest absolute Gasteiger partial charge is 0.439 e. The normalized spacial score (nSPS) is 20.4. The molecule has 2 unspecified atom stereocenters. The fourth-order valence-electron chi connectivity index (χ4n) is 5.25. The maximum atomic E-state index is 12.7. The molecule has 1 amide bonds. The summed E-state index contributed by atoms with van der Waals surface area (Å²) >= 11 is 0. The summed E-state index contributed by atoms with van der Waals surface area (Å²) in [6.07, 6.45) is 5.49. The van der Waals surface area contributed by atoms with Gasteiger partial charge in [-0.2, -0.15) is 5.10 Å². The van der Waals surface area contributed by atoms with Gasteiger partial charge in [-0.15, -0.1) is 0 Å². The first kappa shape index (κ1) is 23.6. The van der Waals surface area contributed by atoms with Crippen LogP contribution in [-0.4, -0.2) is 73.3 Å². The average Bonchev–Trinajstić information content (AvgIpc) is 3.62. The van der Waals surface area contributed by atoms with Crippen LogP contribution in [0.25, 0.3) is 22.2 Å². The van der Waals surface area contributed by atoms with Crippen LogP contribution in [0.2, 0.25) is 0 Å². The molecular weight excluding hydrogens is 468 g/mol. The zero-order valence-corrected chi connectivity index (χ0v) is 20.6. The molecule has 0 bridgehead atoms. The van der Waals surface area contributed by atoms with Crippen LogP contribution in [0.3, 0.4) is 0 Å². The van der Waals surface area contributed by atoms with Crippen molar-refractivity contribution >= 4 is 16.8 Å². The number of aromatic amines is 1. The molecule has 2 fully saturated rings. The number of aliphatic hydroxyl groups excluding tert-OH is 1. The molecule has 1 aliphatic heterocycles. The number of H-pyrrole nitrogens is 1. The molecule has 190 valence electrons. The van der Waals surface area contributed by atoms with Gasteiger partial charge in [-0.25, -0.2) is 4.98 Å². The molecule has 2 aliphatic rings. The number of nitrogens with zero attached hydrogens (tertiary/aromatic N) is 5. The minimum atomic E-state index is -0.470. The number of aromatic nitrogens is 4. The maximum absolute atomic E-state index is 12.7. The first-order valence-corrected chi connectivity index (χ1v) is 12.8. The van der Waals surface area contributed by atoms with Crippen LogP contribution in [0.4, 0.5) is 0 Å². The third kappa shape index (κ3) is 5.19. The van der Waals surface area contributed by atoms with E-state index < -0.39 is 6.10 Å². The zero-order chi connectivity index (χ0) is 25.2. The van der Waals surface area contributed by atoms with Gasteiger partial charge in [-0.3, -0.25) is 19.8 Å². The number of amides is 1. The van der Waals surface area contributed by atoms with E-state index in [4.69, 9.17) is 9.72 Å². The van der Waals surface area contributed by atoms with Crippen LogP contribution in [0.15, 0.2) is 60.9 Å². The summed E-state index contributed by atoms with van der Waals surface area (Å²) in [7, 11) is 0. The van der Waals surface area contributed by atoms with Crippen LogP contribution in [0, 0.1) is 5.92 Å². The van der Waals surface area contributed by atoms with Crippen LogP contribution >= 0.6 is 0 Å². The number of benzene rings is 1. The number of ether oxygens (including phenoxy) is 1. The van der Waals surface area contributed by atoms with Crippen molar-refractivity contribution in [1.82, 2.24) is 30.0 Å². The van der Waals surface area contributed by atoms with Gasteiger partial charge in [0.25, 0.3) is 0 Å². The van der Waals surface area contributed by atoms with Gasteiger partial charge in [0.15, 0.2) is 0 Å². The molecule has 1 saturated heterocycles. The highest BCUT2D eigenvalue weighted by Gasteiger charge is 2.35. The van der Waals surface area contributed by atoms with Crippen LogP contribution < -0.4 is 4.74 Å². The first-order valence-electron chi connectivity index (χ1n) is 12.8. The average molecular weight is 499 g/mol. The predicted octanol–water partition coefficient (Wildman–Crippen LogP) is 3.62. The quantitative estimate of drug-likeness (QED) is 0.418. The van der Waals surface area contributed by atoms with Crippen molar-refractivity contribution in [3.8, 4) is 22.9 Å². The topological polar surface area (TPSA) is 107 Å². The van der Waals surface area contributed by atoms with Gasteiger partial charge in [0.05, 0.1) is 28.9 Å². The van der Waals surface area contributed by atoms with Crippen molar-refractivity contribution in [3.63, 3.8) is 0 Å². The Bertz CT molecular complexity index is 1370. The van der Waals surface area contributed by atoms with Gasteiger partial charge in [0.1, 0.15) is 5.75 Å². The van der Waals surface area contributed by atoms with Gasteiger partial charge in [0, 0.05) is 62.1 Å². The number of piperazine rings is 1. The number of hydrogen-bond acceptors (Lipinski definition) is 7. The highest BCUT2D eigenvalue weighted by Crippen LogP contribution is 2.28. The first-order chi connectivity index (χ1) is 18.1. The van der Waals surface area contributed by atoms with Gasteiger partial charge >= 0.3 is 0 Å². The number of hydrogen-bond donors (Lipinski definition) is 2. The smallest absolute Gasteiger partial charge is 0.228 e. The number of aliphatic hydroxyl groups is 1. The minimum Gasteiger partial charge on any atom is -0.439 e. The van der Waals surface area contributed by atoms with Crippen molar-refractivity contribution in [1.29, 1.82) is 0 Å². The SMILES string of the molecule is O=C(C1CCCC1O)N1CCN(Cc2ccc3cc(Oc4ccc(-c5ccn[nH]5)cn4)ccc3n2)CC1. The number of fused-ring (bicyclic) bond motifs is 1. The third-order valence-electron chi connectivity index (χ3n) is 7.36. The Labute approximate surface area is 215 Å². The number of rotatable bonds is 6. The fraction of sp³-hybridized carbons (Fsp3) is 0.357. The molecule has 3 aromatic heterocycles. The molecule has 2 N–H and O–H groups in total. The molecule has 9 heteroatoms. The van der Waals surface area contributed by atoms with Gasteiger partial charge < -0.3 is 14.7 Å².